The Hall–Kier alpha value is -2.90. The predicted molar refractivity (Wildman–Crippen MR) is 108 cm³/mol. The van der Waals surface area contributed by atoms with E-state index in [4.69, 9.17) is 0 Å². The molecule has 1 saturated carbocycles. The van der Waals surface area contributed by atoms with Crippen LogP contribution >= 0.6 is 0 Å². The van der Waals surface area contributed by atoms with Crippen LogP contribution in [0.4, 0.5) is 10.5 Å². The highest BCUT2D eigenvalue weighted by molar-refractivity contribution is 6.10. The maximum absolute atomic E-state index is 12.9. The molecule has 29 heavy (non-hydrogen) atoms. The highest BCUT2D eigenvalue weighted by atomic mass is 16.2. The summed E-state index contributed by atoms with van der Waals surface area (Å²) < 4.78 is 0. The molecule has 0 radical (unpaired) electrons. The van der Waals surface area contributed by atoms with Crippen LogP contribution in [-0.4, -0.2) is 59.7 Å². The summed E-state index contributed by atoms with van der Waals surface area (Å²) in [5, 5.41) is 5.50. The number of carbonyl (C=O) groups is 4. The Balaban J connectivity index is 1.60. The van der Waals surface area contributed by atoms with E-state index in [1.54, 1.807) is 38.4 Å². The van der Waals surface area contributed by atoms with E-state index >= 15 is 0 Å². The smallest absolute Gasteiger partial charge is 0.325 e. The number of nitrogens with one attached hydrogen (secondary N) is 2. The minimum atomic E-state index is -0.850. The number of amides is 5. The molecule has 5 amide bonds. The van der Waals surface area contributed by atoms with Crippen LogP contribution in [0.3, 0.4) is 0 Å². The van der Waals surface area contributed by atoms with Gasteiger partial charge in [-0.3, -0.25) is 19.3 Å². The lowest BCUT2D eigenvalue weighted by Gasteiger charge is -2.34. The number of nitrogens with zero attached hydrogens (tertiary/aromatic N) is 2. The lowest BCUT2D eigenvalue weighted by atomic mass is 9.75. The topological polar surface area (TPSA) is 98.8 Å². The van der Waals surface area contributed by atoms with Gasteiger partial charge in [-0.2, -0.15) is 0 Å². The molecule has 2 aliphatic rings. The average molecular weight is 400 g/mol. The van der Waals surface area contributed by atoms with Gasteiger partial charge in [-0.25, -0.2) is 4.79 Å². The molecule has 1 heterocycles. The fraction of sp³-hybridized carbons (Fsp3) is 0.524. The fourth-order valence-corrected chi connectivity index (χ4v) is 4.04. The first-order valence-corrected chi connectivity index (χ1v) is 10.0. The van der Waals surface area contributed by atoms with E-state index in [2.05, 4.69) is 17.6 Å². The Morgan fingerprint density at radius 2 is 1.79 bits per heavy atom. The standard InChI is InChI=1S/C21H28N4O4/c1-4-14-9-11-21(12-10-14)19(28)25(20(29)23-21)13-17(26)22-16-7-5-15(6-8-16)18(27)24(2)3/h5-8,14H,4,9-13H2,1-3H3,(H,22,26)(H,23,29). The van der Waals surface area contributed by atoms with Gasteiger partial charge in [0.15, 0.2) is 0 Å². The quantitative estimate of drug-likeness (QED) is 0.741. The molecule has 0 bridgehead atoms. The molecule has 2 N–H and O–H groups in total. The van der Waals surface area contributed by atoms with E-state index < -0.39 is 17.5 Å². The molecule has 156 valence electrons. The molecule has 1 aromatic carbocycles. The van der Waals surface area contributed by atoms with Crippen molar-refractivity contribution < 1.29 is 19.2 Å². The number of imide groups is 1. The van der Waals surface area contributed by atoms with E-state index in [9.17, 15) is 19.2 Å². The minimum absolute atomic E-state index is 0.134. The first-order chi connectivity index (χ1) is 13.8. The second kappa shape index (κ2) is 8.23. The largest absolute Gasteiger partial charge is 0.345 e. The van der Waals surface area contributed by atoms with Gasteiger partial charge in [-0.1, -0.05) is 13.3 Å². The van der Waals surface area contributed by atoms with Gasteiger partial charge in [0.05, 0.1) is 0 Å². The molecular weight excluding hydrogens is 372 g/mol. The van der Waals surface area contributed by atoms with Gasteiger partial charge in [-0.05, 0) is 55.9 Å². The Morgan fingerprint density at radius 3 is 2.34 bits per heavy atom. The van der Waals surface area contributed by atoms with Crippen molar-refractivity contribution in [2.75, 3.05) is 26.0 Å². The summed E-state index contributed by atoms with van der Waals surface area (Å²) in [5.74, 6) is -0.311. The lowest BCUT2D eigenvalue weighted by molar-refractivity contribution is -0.135. The van der Waals surface area contributed by atoms with Gasteiger partial charge in [0, 0.05) is 25.3 Å². The van der Waals surface area contributed by atoms with Crippen molar-refractivity contribution in [1.82, 2.24) is 15.1 Å². The molecule has 1 aliphatic heterocycles. The van der Waals surface area contributed by atoms with Gasteiger partial charge >= 0.3 is 6.03 Å². The molecule has 2 fully saturated rings. The van der Waals surface area contributed by atoms with Crippen molar-refractivity contribution in [3.63, 3.8) is 0 Å². The van der Waals surface area contributed by atoms with Crippen LogP contribution < -0.4 is 10.6 Å². The van der Waals surface area contributed by atoms with Crippen molar-refractivity contribution >= 4 is 29.4 Å². The van der Waals surface area contributed by atoms with Gasteiger partial charge in [0.1, 0.15) is 12.1 Å². The lowest BCUT2D eigenvalue weighted by Crippen LogP contribution is -2.49. The zero-order valence-corrected chi connectivity index (χ0v) is 17.2. The Morgan fingerprint density at radius 1 is 1.17 bits per heavy atom. The third-order valence-electron chi connectivity index (χ3n) is 5.91. The number of benzene rings is 1. The van der Waals surface area contributed by atoms with Crippen molar-refractivity contribution in [2.45, 2.75) is 44.6 Å². The van der Waals surface area contributed by atoms with Gasteiger partial charge in [-0.15, -0.1) is 0 Å². The van der Waals surface area contributed by atoms with Gasteiger partial charge < -0.3 is 15.5 Å². The molecule has 3 rings (SSSR count). The fourth-order valence-electron chi connectivity index (χ4n) is 4.04. The summed E-state index contributed by atoms with van der Waals surface area (Å²) in [6.45, 7) is 1.80. The number of hydrogen-bond donors (Lipinski definition) is 2. The van der Waals surface area contributed by atoms with E-state index in [1.165, 1.54) is 4.90 Å². The molecule has 0 aromatic heterocycles. The first-order valence-electron chi connectivity index (χ1n) is 10.0. The van der Waals surface area contributed by atoms with E-state index in [-0.39, 0.29) is 18.4 Å². The monoisotopic (exact) mass is 400 g/mol. The molecular formula is C21H28N4O4. The summed E-state index contributed by atoms with van der Waals surface area (Å²) >= 11 is 0. The summed E-state index contributed by atoms with van der Waals surface area (Å²) in [6.07, 6.45) is 4.12. The molecule has 1 aromatic rings. The molecule has 0 unspecified atom stereocenters. The Labute approximate surface area is 170 Å². The third kappa shape index (κ3) is 4.26. The summed E-state index contributed by atoms with van der Waals surface area (Å²) in [5.41, 5.74) is 0.152. The average Bonchev–Trinajstić information content (AvgIpc) is 2.92. The second-order valence-corrected chi connectivity index (χ2v) is 8.08. The van der Waals surface area contributed by atoms with Crippen molar-refractivity contribution in [3.05, 3.63) is 29.8 Å². The predicted octanol–water partition coefficient (Wildman–Crippen LogP) is 2.22. The zero-order chi connectivity index (χ0) is 21.2. The molecule has 1 spiro atoms. The maximum Gasteiger partial charge on any atom is 0.325 e. The van der Waals surface area contributed by atoms with Crippen LogP contribution in [0.5, 0.6) is 0 Å². The van der Waals surface area contributed by atoms with Crippen LogP contribution in [0.25, 0.3) is 0 Å². The van der Waals surface area contributed by atoms with Crippen molar-refractivity contribution in [2.24, 2.45) is 5.92 Å². The summed E-state index contributed by atoms with van der Waals surface area (Å²) in [4.78, 5) is 52.0. The minimum Gasteiger partial charge on any atom is -0.345 e. The summed E-state index contributed by atoms with van der Waals surface area (Å²) in [7, 11) is 3.33. The molecule has 1 aliphatic carbocycles. The van der Waals surface area contributed by atoms with Crippen molar-refractivity contribution in [1.29, 1.82) is 0 Å². The molecule has 8 nitrogen and oxygen atoms in total. The Bertz CT molecular complexity index is 810. The Kier molecular flexibility index (Phi) is 5.91. The second-order valence-electron chi connectivity index (χ2n) is 8.08. The third-order valence-corrected chi connectivity index (χ3v) is 5.91. The van der Waals surface area contributed by atoms with E-state index in [0.29, 0.717) is 30.0 Å². The normalized spacial score (nSPS) is 23.8. The highest BCUT2D eigenvalue weighted by Gasteiger charge is 2.52. The number of rotatable bonds is 5. The molecule has 0 atom stereocenters. The SMILES string of the molecule is CCC1CCC2(CC1)NC(=O)N(CC(=O)Nc1ccc(C(=O)N(C)C)cc1)C2=O. The summed E-state index contributed by atoms with van der Waals surface area (Å²) in [6, 6.07) is 5.97. The highest BCUT2D eigenvalue weighted by Crippen LogP contribution is 2.37. The van der Waals surface area contributed by atoms with Crippen LogP contribution in [0.1, 0.15) is 49.4 Å². The van der Waals surface area contributed by atoms with Crippen LogP contribution in [0.2, 0.25) is 0 Å². The number of anilines is 1. The van der Waals surface area contributed by atoms with Crippen molar-refractivity contribution in [3.8, 4) is 0 Å². The number of carbonyl (C=O) groups excluding carboxylic acids is 4. The zero-order valence-electron chi connectivity index (χ0n) is 17.2. The van der Waals surface area contributed by atoms with Gasteiger partial charge in [0.2, 0.25) is 5.91 Å². The maximum atomic E-state index is 12.9. The molecule has 1 saturated heterocycles. The number of hydrogen-bond acceptors (Lipinski definition) is 4. The van der Waals surface area contributed by atoms with Gasteiger partial charge in [0.25, 0.3) is 11.8 Å². The van der Waals surface area contributed by atoms with E-state index in [1.807, 2.05) is 0 Å². The molecule has 8 heteroatoms. The van der Waals surface area contributed by atoms with Crippen LogP contribution in [0, 0.1) is 5.92 Å². The van der Waals surface area contributed by atoms with Crippen LogP contribution in [0.15, 0.2) is 24.3 Å². The van der Waals surface area contributed by atoms with Crippen LogP contribution in [-0.2, 0) is 9.59 Å². The first kappa shape index (κ1) is 20.8. The number of urea groups is 1. The van der Waals surface area contributed by atoms with E-state index in [0.717, 1.165) is 24.2 Å².